The molecule has 4 nitrogen and oxygen atoms in total. The Labute approximate surface area is 136 Å². The lowest BCUT2D eigenvalue weighted by molar-refractivity contribution is -0.152. The maximum absolute atomic E-state index is 12.6. The van der Waals surface area contributed by atoms with E-state index >= 15 is 0 Å². The van der Waals surface area contributed by atoms with Crippen molar-refractivity contribution in [1.82, 2.24) is 4.90 Å². The molecule has 3 heterocycles. The van der Waals surface area contributed by atoms with Gasteiger partial charge in [-0.05, 0) is 55.4 Å². The molecule has 1 unspecified atom stereocenters. The summed E-state index contributed by atoms with van der Waals surface area (Å²) in [6, 6.07) is 6.88. The maximum atomic E-state index is 12.6. The van der Waals surface area contributed by atoms with Crippen molar-refractivity contribution in [3.8, 4) is 5.75 Å². The van der Waals surface area contributed by atoms with Crippen molar-refractivity contribution >= 4 is 5.91 Å². The summed E-state index contributed by atoms with van der Waals surface area (Å²) in [6.45, 7) is 2.42. The highest BCUT2D eigenvalue weighted by molar-refractivity contribution is 5.87. The van der Waals surface area contributed by atoms with Gasteiger partial charge in [-0.15, -0.1) is 0 Å². The molecule has 1 saturated carbocycles. The molecule has 2 saturated heterocycles. The van der Waals surface area contributed by atoms with Crippen LogP contribution in [0.4, 0.5) is 0 Å². The van der Waals surface area contributed by atoms with Crippen LogP contribution in [0.15, 0.2) is 18.2 Å². The van der Waals surface area contributed by atoms with Gasteiger partial charge in [0.25, 0.3) is 0 Å². The third-order valence-electron chi connectivity index (χ3n) is 6.19. The lowest BCUT2D eigenvalue weighted by atomic mass is 9.64. The monoisotopic (exact) mass is 313 g/mol. The van der Waals surface area contributed by atoms with Crippen LogP contribution in [-0.2, 0) is 22.6 Å². The molecule has 1 aromatic rings. The molecule has 23 heavy (non-hydrogen) atoms. The van der Waals surface area contributed by atoms with Gasteiger partial charge in [0, 0.05) is 19.0 Å². The van der Waals surface area contributed by atoms with Crippen LogP contribution in [0, 0.1) is 5.41 Å². The van der Waals surface area contributed by atoms with Gasteiger partial charge in [0.05, 0.1) is 24.7 Å². The van der Waals surface area contributed by atoms with Crippen molar-refractivity contribution in [3.63, 3.8) is 0 Å². The number of carbonyl (C=O) groups excluding carboxylic acids is 1. The third kappa shape index (κ3) is 2.11. The quantitative estimate of drug-likeness (QED) is 0.861. The Kier molecular flexibility index (Phi) is 2.99. The van der Waals surface area contributed by atoms with E-state index in [-0.39, 0.29) is 11.5 Å². The van der Waals surface area contributed by atoms with Crippen molar-refractivity contribution in [2.45, 2.75) is 57.3 Å². The molecule has 1 aromatic carbocycles. The lowest BCUT2D eigenvalue weighted by Gasteiger charge is -2.43. The van der Waals surface area contributed by atoms with Crippen molar-refractivity contribution in [2.75, 3.05) is 13.2 Å². The molecule has 5 rings (SSSR count). The van der Waals surface area contributed by atoms with E-state index in [0.717, 1.165) is 44.6 Å². The minimum Gasteiger partial charge on any atom is -0.493 e. The largest absolute Gasteiger partial charge is 0.493 e. The summed E-state index contributed by atoms with van der Waals surface area (Å²) in [5.41, 5.74) is 2.44. The number of benzene rings is 1. The molecule has 1 aliphatic carbocycles. The molecule has 4 heteroatoms. The number of hydrogen-bond donors (Lipinski definition) is 0. The SMILES string of the molecule is O=C1N2CCCC2CC12CC(OCc1ccc3c(c1)CCO3)C2. The Morgan fingerprint density at radius 1 is 1.30 bits per heavy atom. The predicted octanol–water partition coefficient (Wildman–Crippen LogP) is 2.68. The molecule has 1 atom stereocenters. The second-order valence-corrected chi connectivity index (χ2v) is 7.66. The van der Waals surface area contributed by atoms with Gasteiger partial charge in [-0.3, -0.25) is 4.79 Å². The van der Waals surface area contributed by atoms with E-state index in [1.165, 1.54) is 24.0 Å². The summed E-state index contributed by atoms with van der Waals surface area (Å²) < 4.78 is 11.6. The molecule has 0 aromatic heterocycles. The van der Waals surface area contributed by atoms with Gasteiger partial charge in [0.15, 0.2) is 0 Å². The van der Waals surface area contributed by atoms with E-state index in [0.29, 0.717) is 18.6 Å². The van der Waals surface area contributed by atoms with Gasteiger partial charge in [-0.2, -0.15) is 0 Å². The lowest BCUT2D eigenvalue weighted by Crippen LogP contribution is -2.47. The first kappa shape index (κ1) is 13.8. The van der Waals surface area contributed by atoms with Crippen LogP contribution in [0.5, 0.6) is 5.75 Å². The van der Waals surface area contributed by atoms with Gasteiger partial charge < -0.3 is 14.4 Å². The Morgan fingerprint density at radius 2 is 2.22 bits per heavy atom. The second-order valence-electron chi connectivity index (χ2n) is 7.66. The molecule has 1 amide bonds. The van der Waals surface area contributed by atoms with Crippen LogP contribution in [0.1, 0.15) is 43.2 Å². The van der Waals surface area contributed by atoms with Crippen molar-refractivity contribution < 1.29 is 14.3 Å². The normalized spacial score (nSPS) is 34.4. The van der Waals surface area contributed by atoms with E-state index in [4.69, 9.17) is 9.47 Å². The fourth-order valence-corrected chi connectivity index (χ4v) is 4.97. The van der Waals surface area contributed by atoms with Crippen LogP contribution in [-0.4, -0.2) is 36.1 Å². The van der Waals surface area contributed by atoms with E-state index < -0.39 is 0 Å². The molecular formula is C19H23NO3. The van der Waals surface area contributed by atoms with Crippen molar-refractivity contribution in [1.29, 1.82) is 0 Å². The highest BCUT2D eigenvalue weighted by Crippen LogP contribution is 2.54. The zero-order valence-electron chi connectivity index (χ0n) is 13.4. The molecule has 0 bridgehead atoms. The van der Waals surface area contributed by atoms with Crippen LogP contribution in [0.3, 0.4) is 0 Å². The van der Waals surface area contributed by atoms with Gasteiger partial charge in [0.1, 0.15) is 5.75 Å². The summed E-state index contributed by atoms with van der Waals surface area (Å²) in [4.78, 5) is 14.7. The molecule has 0 N–H and O–H groups in total. The number of hydrogen-bond acceptors (Lipinski definition) is 3. The number of fused-ring (bicyclic) bond motifs is 2. The molecular weight excluding hydrogens is 290 g/mol. The van der Waals surface area contributed by atoms with Gasteiger partial charge in [0.2, 0.25) is 5.91 Å². The molecule has 4 aliphatic rings. The van der Waals surface area contributed by atoms with Gasteiger partial charge in [-0.25, -0.2) is 0 Å². The Bertz CT molecular complexity index is 650. The van der Waals surface area contributed by atoms with E-state index in [9.17, 15) is 4.79 Å². The number of ether oxygens (including phenoxy) is 2. The van der Waals surface area contributed by atoms with E-state index in [1.54, 1.807) is 0 Å². The van der Waals surface area contributed by atoms with Gasteiger partial charge >= 0.3 is 0 Å². The fourth-order valence-electron chi connectivity index (χ4n) is 4.97. The Morgan fingerprint density at radius 3 is 3.09 bits per heavy atom. The molecule has 122 valence electrons. The van der Waals surface area contributed by atoms with Crippen LogP contribution < -0.4 is 4.74 Å². The summed E-state index contributed by atoms with van der Waals surface area (Å²) in [7, 11) is 0. The molecule has 1 spiro atoms. The Balaban J connectivity index is 1.18. The first-order valence-corrected chi connectivity index (χ1v) is 8.91. The second kappa shape index (κ2) is 4.97. The third-order valence-corrected chi connectivity index (χ3v) is 6.19. The smallest absolute Gasteiger partial charge is 0.229 e. The van der Waals surface area contributed by atoms with Gasteiger partial charge in [-0.1, -0.05) is 6.07 Å². The maximum Gasteiger partial charge on any atom is 0.229 e. The van der Waals surface area contributed by atoms with E-state index in [1.807, 2.05) is 0 Å². The summed E-state index contributed by atoms with van der Waals surface area (Å²) in [5, 5.41) is 0. The minimum absolute atomic E-state index is 0.0679. The number of nitrogens with zero attached hydrogens (tertiary/aromatic N) is 1. The van der Waals surface area contributed by atoms with Crippen molar-refractivity contribution in [2.24, 2.45) is 5.41 Å². The first-order valence-electron chi connectivity index (χ1n) is 8.91. The first-order chi connectivity index (χ1) is 11.2. The predicted molar refractivity (Wildman–Crippen MR) is 85.2 cm³/mol. The summed E-state index contributed by atoms with van der Waals surface area (Å²) >= 11 is 0. The van der Waals surface area contributed by atoms with Crippen LogP contribution in [0.2, 0.25) is 0 Å². The number of rotatable bonds is 3. The number of carbonyl (C=O) groups is 1. The zero-order valence-corrected chi connectivity index (χ0v) is 13.4. The van der Waals surface area contributed by atoms with Crippen molar-refractivity contribution in [3.05, 3.63) is 29.3 Å². The molecule has 3 aliphatic heterocycles. The summed E-state index contributed by atoms with van der Waals surface area (Å²) in [6.07, 6.45) is 6.57. The average Bonchev–Trinajstić information content (AvgIpc) is 3.20. The number of amides is 1. The zero-order chi connectivity index (χ0) is 15.4. The average molecular weight is 313 g/mol. The highest BCUT2D eigenvalue weighted by Gasteiger charge is 2.59. The summed E-state index contributed by atoms with van der Waals surface area (Å²) in [5.74, 6) is 1.43. The fraction of sp³-hybridized carbons (Fsp3) is 0.632. The topological polar surface area (TPSA) is 38.8 Å². The standard InChI is InChI=1S/C19H23NO3/c21-18-19(9-15-2-1-6-20(15)18)10-16(11-19)23-12-13-3-4-17-14(8-13)5-7-22-17/h3-4,8,15-16H,1-2,5-7,9-12H2. The van der Waals surface area contributed by atoms with Crippen LogP contribution in [0.25, 0.3) is 0 Å². The molecule has 3 fully saturated rings. The Hall–Kier alpha value is -1.55. The highest BCUT2D eigenvalue weighted by atomic mass is 16.5. The van der Waals surface area contributed by atoms with Crippen LogP contribution >= 0.6 is 0 Å². The molecule has 0 radical (unpaired) electrons. The van der Waals surface area contributed by atoms with E-state index in [2.05, 4.69) is 23.1 Å². The minimum atomic E-state index is -0.0679.